The maximum absolute atomic E-state index is 12.2. The zero-order valence-electron chi connectivity index (χ0n) is 11.7. The molecule has 0 aromatic heterocycles. The van der Waals surface area contributed by atoms with Crippen LogP contribution in [0.2, 0.25) is 0 Å². The summed E-state index contributed by atoms with van der Waals surface area (Å²) < 4.78 is 0. The van der Waals surface area contributed by atoms with Crippen molar-refractivity contribution in [2.75, 3.05) is 18.4 Å². The molecule has 2 aliphatic rings. The number of carbonyl (C=O) groups is 1. The number of hydrogen-bond acceptors (Lipinski definition) is 2. The number of nitrogens with zero attached hydrogens (tertiary/aromatic N) is 1. The van der Waals surface area contributed by atoms with Crippen LogP contribution in [0.1, 0.15) is 38.2 Å². The average molecular weight is 258 g/mol. The quantitative estimate of drug-likeness (QED) is 0.884. The molecule has 3 rings (SSSR count). The van der Waals surface area contributed by atoms with Crippen LogP contribution < -0.4 is 5.32 Å². The fraction of sp³-hybridized carbons (Fsp3) is 0.562. The third-order valence-corrected chi connectivity index (χ3v) is 4.61. The Kier molecular flexibility index (Phi) is 3.31. The largest absolute Gasteiger partial charge is 0.325 e. The smallest absolute Gasteiger partial charge is 0.232 e. The fourth-order valence-corrected chi connectivity index (χ4v) is 3.47. The number of hydrogen-bond donors (Lipinski definition) is 1. The zero-order chi connectivity index (χ0) is 13.4. The lowest BCUT2D eigenvalue weighted by Gasteiger charge is -2.36. The van der Waals surface area contributed by atoms with Crippen LogP contribution in [0.25, 0.3) is 0 Å². The third-order valence-electron chi connectivity index (χ3n) is 4.61. The van der Waals surface area contributed by atoms with Gasteiger partial charge < -0.3 is 10.2 Å². The van der Waals surface area contributed by atoms with E-state index in [1.54, 1.807) is 0 Å². The number of carbonyl (C=O) groups excluding carboxylic acids is 1. The predicted octanol–water partition coefficient (Wildman–Crippen LogP) is 2.84. The van der Waals surface area contributed by atoms with Gasteiger partial charge in [0.2, 0.25) is 5.91 Å². The van der Waals surface area contributed by atoms with Crippen molar-refractivity contribution in [3.05, 3.63) is 29.8 Å². The molecular formula is C16H22N2O. The van der Waals surface area contributed by atoms with E-state index >= 15 is 0 Å². The Bertz CT molecular complexity index is 475. The van der Waals surface area contributed by atoms with Gasteiger partial charge in [0, 0.05) is 11.7 Å². The second-order valence-electron chi connectivity index (χ2n) is 6.02. The lowest BCUT2D eigenvalue weighted by atomic mass is 9.80. The average Bonchev–Trinajstić information content (AvgIpc) is 2.74. The van der Waals surface area contributed by atoms with E-state index in [0.29, 0.717) is 12.0 Å². The molecule has 0 radical (unpaired) electrons. The fourth-order valence-electron chi connectivity index (χ4n) is 3.47. The summed E-state index contributed by atoms with van der Waals surface area (Å²) in [5.74, 6) is 0.772. The van der Waals surface area contributed by atoms with Crippen LogP contribution in [0.3, 0.4) is 0 Å². The molecule has 19 heavy (non-hydrogen) atoms. The monoisotopic (exact) mass is 258 g/mol. The summed E-state index contributed by atoms with van der Waals surface area (Å²) in [7, 11) is 0. The van der Waals surface area contributed by atoms with Gasteiger partial charge in [0.15, 0.2) is 0 Å². The minimum atomic E-state index is 0.0745. The summed E-state index contributed by atoms with van der Waals surface area (Å²) in [6, 6.07) is 8.76. The van der Waals surface area contributed by atoms with Gasteiger partial charge >= 0.3 is 0 Å². The minimum Gasteiger partial charge on any atom is -0.325 e. The predicted molar refractivity (Wildman–Crippen MR) is 77.2 cm³/mol. The SMILES string of the molecule is CC(C)N1CCC(C2C(=O)Nc3ccccc32)CC1. The molecule has 0 aliphatic carbocycles. The van der Waals surface area contributed by atoms with Gasteiger partial charge in [0.1, 0.15) is 0 Å². The molecule has 0 spiro atoms. The molecular weight excluding hydrogens is 236 g/mol. The summed E-state index contributed by atoms with van der Waals surface area (Å²) in [4.78, 5) is 14.7. The van der Waals surface area contributed by atoms with Gasteiger partial charge in [-0.05, 0) is 57.3 Å². The molecule has 1 aromatic carbocycles. The van der Waals surface area contributed by atoms with Crippen LogP contribution in [0.5, 0.6) is 0 Å². The van der Waals surface area contributed by atoms with Crippen molar-refractivity contribution < 1.29 is 4.79 Å². The third kappa shape index (κ3) is 2.27. The molecule has 1 N–H and O–H groups in total. The first-order chi connectivity index (χ1) is 9.16. The number of piperidine rings is 1. The molecule has 1 atom stereocenters. The number of fused-ring (bicyclic) bond motifs is 1. The molecule has 1 saturated heterocycles. The number of anilines is 1. The summed E-state index contributed by atoms with van der Waals surface area (Å²) in [5.41, 5.74) is 2.22. The lowest BCUT2D eigenvalue weighted by molar-refractivity contribution is -0.118. The Morgan fingerprint density at radius 3 is 2.58 bits per heavy atom. The van der Waals surface area contributed by atoms with Crippen LogP contribution in [-0.2, 0) is 4.79 Å². The summed E-state index contributed by atoms with van der Waals surface area (Å²) >= 11 is 0. The Hall–Kier alpha value is -1.35. The standard InChI is InChI=1S/C16H22N2O/c1-11(2)18-9-7-12(8-10-18)15-13-5-3-4-6-14(13)17-16(15)19/h3-6,11-12,15H,7-10H2,1-2H3,(H,17,19). The highest BCUT2D eigenvalue weighted by molar-refractivity contribution is 6.03. The Morgan fingerprint density at radius 1 is 1.21 bits per heavy atom. The summed E-state index contributed by atoms with van der Waals surface area (Å²) in [5, 5.41) is 3.03. The van der Waals surface area contributed by atoms with Crippen LogP contribution in [0.15, 0.2) is 24.3 Å². The maximum Gasteiger partial charge on any atom is 0.232 e. The van der Waals surface area contributed by atoms with E-state index in [4.69, 9.17) is 0 Å². The highest BCUT2D eigenvalue weighted by Gasteiger charge is 2.38. The molecule has 3 nitrogen and oxygen atoms in total. The molecule has 2 heterocycles. The van der Waals surface area contributed by atoms with Gasteiger partial charge in [-0.25, -0.2) is 0 Å². The van der Waals surface area contributed by atoms with Gasteiger partial charge in [-0.1, -0.05) is 18.2 Å². The van der Waals surface area contributed by atoms with Crippen molar-refractivity contribution in [1.82, 2.24) is 4.90 Å². The van der Waals surface area contributed by atoms with E-state index in [0.717, 1.165) is 31.6 Å². The van der Waals surface area contributed by atoms with Crippen molar-refractivity contribution in [1.29, 1.82) is 0 Å². The van der Waals surface area contributed by atoms with E-state index in [9.17, 15) is 4.79 Å². The molecule has 1 aromatic rings. The summed E-state index contributed by atoms with van der Waals surface area (Å²) in [6.45, 7) is 6.73. The lowest BCUT2D eigenvalue weighted by Crippen LogP contribution is -2.40. The van der Waals surface area contributed by atoms with E-state index in [1.165, 1.54) is 5.56 Å². The minimum absolute atomic E-state index is 0.0745. The number of para-hydroxylation sites is 1. The Labute approximate surface area is 115 Å². The molecule has 3 heteroatoms. The van der Waals surface area contributed by atoms with E-state index in [2.05, 4.69) is 30.1 Å². The maximum atomic E-state index is 12.2. The highest BCUT2D eigenvalue weighted by atomic mass is 16.2. The summed E-state index contributed by atoms with van der Waals surface area (Å²) in [6.07, 6.45) is 2.26. The number of likely N-dealkylation sites (tertiary alicyclic amines) is 1. The highest BCUT2D eigenvalue weighted by Crippen LogP contribution is 2.41. The first kappa shape index (κ1) is 12.7. The van der Waals surface area contributed by atoms with Crippen LogP contribution in [-0.4, -0.2) is 29.9 Å². The molecule has 1 fully saturated rings. The van der Waals surface area contributed by atoms with E-state index < -0.39 is 0 Å². The molecule has 2 aliphatic heterocycles. The van der Waals surface area contributed by atoms with Crippen LogP contribution >= 0.6 is 0 Å². The molecule has 0 saturated carbocycles. The molecule has 1 amide bonds. The number of amides is 1. The van der Waals surface area contributed by atoms with Crippen molar-refractivity contribution in [2.45, 2.75) is 38.6 Å². The van der Waals surface area contributed by atoms with Crippen molar-refractivity contribution in [3.8, 4) is 0 Å². The van der Waals surface area contributed by atoms with Gasteiger partial charge in [0.25, 0.3) is 0 Å². The van der Waals surface area contributed by atoms with Gasteiger partial charge in [-0.2, -0.15) is 0 Å². The van der Waals surface area contributed by atoms with Crippen LogP contribution in [0, 0.1) is 5.92 Å². The number of nitrogens with one attached hydrogen (secondary N) is 1. The van der Waals surface area contributed by atoms with Gasteiger partial charge in [0.05, 0.1) is 5.92 Å². The van der Waals surface area contributed by atoms with E-state index in [1.807, 2.05) is 18.2 Å². The number of rotatable bonds is 2. The van der Waals surface area contributed by atoms with Crippen molar-refractivity contribution in [3.63, 3.8) is 0 Å². The topological polar surface area (TPSA) is 32.3 Å². The van der Waals surface area contributed by atoms with Crippen molar-refractivity contribution >= 4 is 11.6 Å². The van der Waals surface area contributed by atoms with E-state index in [-0.39, 0.29) is 11.8 Å². The molecule has 0 bridgehead atoms. The first-order valence-corrected chi connectivity index (χ1v) is 7.30. The Balaban J connectivity index is 1.75. The first-order valence-electron chi connectivity index (χ1n) is 7.30. The number of benzene rings is 1. The van der Waals surface area contributed by atoms with Gasteiger partial charge in [-0.15, -0.1) is 0 Å². The van der Waals surface area contributed by atoms with Crippen LogP contribution in [0.4, 0.5) is 5.69 Å². The molecule has 102 valence electrons. The normalized spacial score (nSPS) is 24.6. The Morgan fingerprint density at radius 2 is 1.89 bits per heavy atom. The zero-order valence-corrected chi connectivity index (χ0v) is 11.7. The molecule has 1 unspecified atom stereocenters. The second kappa shape index (κ2) is 4.97. The van der Waals surface area contributed by atoms with Crippen molar-refractivity contribution in [2.24, 2.45) is 5.92 Å². The van der Waals surface area contributed by atoms with Gasteiger partial charge in [-0.3, -0.25) is 4.79 Å². The second-order valence-corrected chi connectivity index (χ2v) is 6.02.